The third kappa shape index (κ3) is 3.86. The van der Waals surface area contributed by atoms with Crippen molar-refractivity contribution in [2.24, 2.45) is 4.99 Å². The van der Waals surface area contributed by atoms with Gasteiger partial charge in [-0.3, -0.25) is 14.2 Å². The number of thiazole rings is 1. The van der Waals surface area contributed by atoms with E-state index in [-0.39, 0.29) is 24.2 Å². The van der Waals surface area contributed by atoms with Crippen molar-refractivity contribution in [1.29, 1.82) is 0 Å². The zero-order chi connectivity index (χ0) is 19.6. The highest BCUT2D eigenvalue weighted by atomic mass is 32.1. The fourth-order valence-corrected chi connectivity index (χ4v) is 4.32. The van der Waals surface area contributed by atoms with E-state index in [0.29, 0.717) is 44.6 Å². The normalized spacial score (nSPS) is 12.8. The SMILES string of the molecule is CCCOC(=O)CCCn1c(O)c(C2=c3cccc(C)c3=NC2=O)sc1=S. The highest BCUT2D eigenvalue weighted by Crippen LogP contribution is 2.32. The Morgan fingerprint density at radius 1 is 1.41 bits per heavy atom. The molecule has 8 heteroatoms. The van der Waals surface area contributed by atoms with Crippen LogP contribution in [0.25, 0.3) is 5.57 Å². The van der Waals surface area contributed by atoms with Crippen molar-refractivity contribution in [2.45, 2.75) is 39.7 Å². The number of rotatable bonds is 7. The van der Waals surface area contributed by atoms with Gasteiger partial charge < -0.3 is 9.84 Å². The molecule has 27 heavy (non-hydrogen) atoms. The number of aryl methyl sites for hydroxylation is 1. The summed E-state index contributed by atoms with van der Waals surface area (Å²) < 4.78 is 7.05. The summed E-state index contributed by atoms with van der Waals surface area (Å²) in [4.78, 5) is 28.6. The summed E-state index contributed by atoms with van der Waals surface area (Å²) in [5.74, 6) is -0.692. The largest absolute Gasteiger partial charge is 0.493 e. The first-order chi connectivity index (χ1) is 12.9. The third-order valence-corrected chi connectivity index (χ3v) is 5.72. The average molecular weight is 405 g/mol. The van der Waals surface area contributed by atoms with Crippen LogP contribution in [-0.4, -0.2) is 28.2 Å². The minimum atomic E-state index is -0.374. The Hall–Kier alpha value is -2.32. The number of fused-ring (bicyclic) bond motifs is 1. The molecule has 2 aromatic rings. The van der Waals surface area contributed by atoms with E-state index in [2.05, 4.69) is 4.99 Å². The van der Waals surface area contributed by atoms with Crippen LogP contribution in [-0.2, 0) is 20.9 Å². The standard InChI is InChI=1S/C19H20N2O4S2/c1-3-10-25-13(22)8-5-9-21-18(24)16(27-19(21)26)14-12-7-4-6-11(2)15(12)20-17(14)23/h4,6-7,24H,3,5,8-10H2,1-2H3. The molecule has 0 bridgehead atoms. The van der Waals surface area contributed by atoms with Crippen LogP contribution in [0.15, 0.2) is 23.2 Å². The van der Waals surface area contributed by atoms with E-state index in [1.807, 2.05) is 32.0 Å². The zero-order valence-electron chi connectivity index (χ0n) is 15.2. The molecule has 1 amide bonds. The van der Waals surface area contributed by atoms with Crippen molar-refractivity contribution in [3.05, 3.63) is 43.2 Å². The number of carbonyl (C=O) groups excluding carboxylic acids is 2. The van der Waals surface area contributed by atoms with E-state index in [0.717, 1.165) is 12.0 Å². The summed E-state index contributed by atoms with van der Waals surface area (Å²) in [5, 5.41) is 12.0. The molecule has 0 saturated heterocycles. The molecule has 1 aliphatic heterocycles. The topological polar surface area (TPSA) is 80.9 Å². The Labute approximate surface area is 165 Å². The number of nitrogens with zero attached hydrogens (tertiary/aromatic N) is 2. The molecular formula is C19H20N2O4S2. The van der Waals surface area contributed by atoms with Crippen molar-refractivity contribution in [3.8, 4) is 5.88 Å². The number of esters is 1. The fourth-order valence-electron chi connectivity index (χ4n) is 2.93. The molecule has 6 nitrogen and oxygen atoms in total. The number of ether oxygens (including phenoxy) is 1. The van der Waals surface area contributed by atoms with Gasteiger partial charge in [-0.05, 0) is 37.5 Å². The van der Waals surface area contributed by atoms with Crippen molar-refractivity contribution >= 4 is 41.0 Å². The van der Waals surface area contributed by atoms with E-state index in [1.54, 1.807) is 4.57 Å². The first kappa shape index (κ1) is 19.4. The van der Waals surface area contributed by atoms with Crippen LogP contribution >= 0.6 is 23.6 Å². The lowest BCUT2D eigenvalue weighted by Gasteiger charge is -2.06. The smallest absolute Gasteiger partial charge is 0.305 e. The number of para-hydroxylation sites is 1. The molecule has 0 unspecified atom stereocenters. The second-order valence-corrected chi connectivity index (χ2v) is 7.90. The summed E-state index contributed by atoms with van der Waals surface area (Å²) in [6.07, 6.45) is 1.52. The predicted octanol–water partition coefficient (Wildman–Crippen LogP) is 2.39. The zero-order valence-corrected chi connectivity index (χ0v) is 16.8. The van der Waals surface area contributed by atoms with Gasteiger partial charge in [0.1, 0.15) is 4.88 Å². The molecule has 1 aromatic carbocycles. The Morgan fingerprint density at radius 2 is 2.19 bits per heavy atom. The molecule has 0 radical (unpaired) electrons. The fraction of sp³-hybridized carbons (Fsp3) is 0.368. The molecule has 0 atom stereocenters. The highest BCUT2D eigenvalue weighted by molar-refractivity contribution is 7.73. The first-order valence-corrected chi connectivity index (χ1v) is 9.98. The van der Waals surface area contributed by atoms with Gasteiger partial charge >= 0.3 is 5.97 Å². The average Bonchev–Trinajstić information content (AvgIpc) is 3.11. The van der Waals surface area contributed by atoms with E-state index in [9.17, 15) is 14.7 Å². The Balaban J connectivity index is 1.88. The number of hydrogen-bond donors (Lipinski definition) is 1. The van der Waals surface area contributed by atoms with Crippen LogP contribution in [0.4, 0.5) is 0 Å². The van der Waals surface area contributed by atoms with Crippen LogP contribution in [0.5, 0.6) is 5.88 Å². The Bertz CT molecular complexity index is 1080. The van der Waals surface area contributed by atoms with Crippen molar-refractivity contribution in [1.82, 2.24) is 4.57 Å². The molecular weight excluding hydrogens is 384 g/mol. The van der Waals surface area contributed by atoms with E-state index in [1.165, 1.54) is 11.3 Å². The summed E-state index contributed by atoms with van der Waals surface area (Å²) in [5.41, 5.74) is 1.28. The monoisotopic (exact) mass is 404 g/mol. The maximum Gasteiger partial charge on any atom is 0.305 e. The van der Waals surface area contributed by atoms with Gasteiger partial charge in [-0.15, -0.1) is 11.3 Å². The quantitative estimate of drug-likeness (QED) is 0.566. The lowest BCUT2D eigenvalue weighted by molar-refractivity contribution is -0.143. The van der Waals surface area contributed by atoms with Crippen molar-refractivity contribution < 1.29 is 19.4 Å². The maximum atomic E-state index is 12.4. The van der Waals surface area contributed by atoms with Gasteiger partial charge in [0.25, 0.3) is 5.91 Å². The third-order valence-electron chi connectivity index (χ3n) is 4.26. The minimum absolute atomic E-state index is 0.0557. The van der Waals surface area contributed by atoms with Gasteiger partial charge in [-0.2, -0.15) is 0 Å². The molecule has 1 N–H and O–H groups in total. The van der Waals surface area contributed by atoms with Crippen molar-refractivity contribution in [3.63, 3.8) is 0 Å². The lowest BCUT2D eigenvalue weighted by atomic mass is 10.1. The van der Waals surface area contributed by atoms with E-state index >= 15 is 0 Å². The van der Waals surface area contributed by atoms with Crippen molar-refractivity contribution in [2.75, 3.05) is 6.61 Å². The number of carbonyl (C=O) groups is 2. The second kappa shape index (κ2) is 8.14. The van der Waals surface area contributed by atoms with Gasteiger partial charge in [-0.1, -0.05) is 25.1 Å². The summed E-state index contributed by atoms with van der Waals surface area (Å²) >= 11 is 6.54. The first-order valence-electron chi connectivity index (χ1n) is 8.75. The minimum Gasteiger partial charge on any atom is -0.493 e. The molecule has 2 heterocycles. The van der Waals surface area contributed by atoms with Gasteiger partial charge in [-0.25, -0.2) is 4.99 Å². The van der Waals surface area contributed by atoms with E-state index in [4.69, 9.17) is 17.0 Å². The summed E-state index contributed by atoms with van der Waals surface area (Å²) in [7, 11) is 0. The number of aromatic nitrogens is 1. The van der Waals surface area contributed by atoms with E-state index < -0.39 is 0 Å². The molecule has 1 aromatic heterocycles. The van der Waals surface area contributed by atoms with Gasteiger partial charge in [0, 0.05) is 18.2 Å². The molecule has 0 aliphatic carbocycles. The molecule has 3 rings (SSSR count). The number of aromatic hydroxyl groups is 1. The highest BCUT2D eigenvalue weighted by Gasteiger charge is 2.25. The molecule has 1 aliphatic rings. The van der Waals surface area contributed by atoms with Crippen LogP contribution in [0.2, 0.25) is 0 Å². The van der Waals surface area contributed by atoms with Gasteiger partial charge in [0.2, 0.25) is 5.88 Å². The predicted molar refractivity (Wildman–Crippen MR) is 105 cm³/mol. The lowest BCUT2D eigenvalue weighted by Crippen LogP contribution is -2.25. The van der Waals surface area contributed by atoms with Crippen LogP contribution in [0, 0.1) is 10.9 Å². The number of benzene rings is 1. The number of amides is 1. The summed E-state index contributed by atoms with van der Waals surface area (Å²) in [6, 6.07) is 5.57. The summed E-state index contributed by atoms with van der Waals surface area (Å²) in [6.45, 7) is 4.62. The molecule has 0 fully saturated rings. The van der Waals surface area contributed by atoms with Gasteiger partial charge in [0.05, 0.1) is 17.5 Å². The van der Waals surface area contributed by atoms with Gasteiger partial charge in [0.15, 0.2) is 3.95 Å². The molecule has 0 spiro atoms. The van der Waals surface area contributed by atoms with Crippen LogP contribution in [0.3, 0.4) is 0 Å². The molecule has 142 valence electrons. The maximum absolute atomic E-state index is 12.4. The Morgan fingerprint density at radius 3 is 2.93 bits per heavy atom. The second-order valence-electron chi connectivity index (χ2n) is 6.26. The number of hydrogen-bond acceptors (Lipinski definition) is 6. The van der Waals surface area contributed by atoms with Crippen LogP contribution < -0.4 is 10.6 Å². The van der Waals surface area contributed by atoms with Crippen LogP contribution in [0.1, 0.15) is 36.6 Å². The molecule has 0 saturated carbocycles. The Kier molecular flexibility index (Phi) is 5.86.